The summed E-state index contributed by atoms with van der Waals surface area (Å²) < 4.78 is 13.1. The first-order valence-corrected chi connectivity index (χ1v) is 9.37. The quantitative estimate of drug-likeness (QED) is 0.508. The maximum atomic E-state index is 13.1. The highest BCUT2D eigenvalue weighted by molar-refractivity contribution is 5.94. The molecule has 1 amide bonds. The Morgan fingerprint density at radius 2 is 1.82 bits per heavy atom. The van der Waals surface area contributed by atoms with E-state index in [4.69, 9.17) is 0 Å². The molecule has 2 rings (SSSR count). The van der Waals surface area contributed by atoms with Gasteiger partial charge in [0, 0.05) is 38.2 Å². The van der Waals surface area contributed by atoms with Gasteiger partial charge in [0.2, 0.25) is 0 Å². The third kappa shape index (κ3) is 6.08. The molecule has 0 aliphatic heterocycles. The fourth-order valence-corrected chi connectivity index (χ4v) is 2.87. The Hall–Kier alpha value is -2.89. The molecule has 0 fully saturated rings. The topological polar surface area (TPSA) is 65.5 Å². The van der Waals surface area contributed by atoms with Crippen molar-refractivity contribution in [3.8, 4) is 0 Å². The molecule has 2 aromatic rings. The molecule has 0 radical (unpaired) electrons. The van der Waals surface area contributed by atoms with Gasteiger partial charge in [-0.15, -0.1) is 0 Å². The highest BCUT2D eigenvalue weighted by atomic mass is 19.1. The van der Waals surface area contributed by atoms with Crippen LogP contribution in [0, 0.1) is 5.82 Å². The van der Waals surface area contributed by atoms with E-state index in [9.17, 15) is 9.18 Å². The molecule has 0 bridgehead atoms. The Labute approximate surface area is 166 Å². The summed E-state index contributed by atoms with van der Waals surface area (Å²) in [5, 5.41) is 9.26. The molecule has 0 aliphatic rings. The van der Waals surface area contributed by atoms with E-state index in [2.05, 4.69) is 34.8 Å². The van der Waals surface area contributed by atoms with Gasteiger partial charge < -0.3 is 16.0 Å². The number of hydrogen-bond donors (Lipinski definition) is 3. The van der Waals surface area contributed by atoms with Crippen LogP contribution in [0.25, 0.3) is 0 Å². The van der Waals surface area contributed by atoms with Crippen LogP contribution in [0.1, 0.15) is 35.3 Å². The van der Waals surface area contributed by atoms with Gasteiger partial charge in [-0.2, -0.15) is 0 Å². The molecule has 0 heterocycles. The minimum Gasteiger partial charge on any atom is -0.356 e. The van der Waals surface area contributed by atoms with Crippen LogP contribution in [-0.4, -0.2) is 39.1 Å². The summed E-state index contributed by atoms with van der Waals surface area (Å²) in [5.74, 6) is 0.387. The maximum absolute atomic E-state index is 13.1. The van der Waals surface area contributed by atoms with Gasteiger partial charge in [-0.3, -0.25) is 9.79 Å². The second-order valence-corrected chi connectivity index (χ2v) is 7.27. The van der Waals surface area contributed by atoms with E-state index in [1.165, 1.54) is 12.1 Å². The summed E-state index contributed by atoms with van der Waals surface area (Å²) in [6.45, 7) is 5.55. The monoisotopic (exact) mass is 384 g/mol. The van der Waals surface area contributed by atoms with Gasteiger partial charge in [0.05, 0.1) is 0 Å². The van der Waals surface area contributed by atoms with Gasteiger partial charge in [-0.25, -0.2) is 4.39 Å². The van der Waals surface area contributed by atoms with Gasteiger partial charge in [0.1, 0.15) is 5.82 Å². The molecule has 150 valence electrons. The van der Waals surface area contributed by atoms with Crippen molar-refractivity contribution in [1.82, 2.24) is 16.0 Å². The van der Waals surface area contributed by atoms with Crippen molar-refractivity contribution in [2.24, 2.45) is 4.99 Å². The average molecular weight is 384 g/mol. The molecule has 0 aromatic heterocycles. The van der Waals surface area contributed by atoms with E-state index in [0.29, 0.717) is 24.6 Å². The van der Waals surface area contributed by atoms with Crippen LogP contribution in [0.3, 0.4) is 0 Å². The zero-order chi connectivity index (χ0) is 20.6. The van der Waals surface area contributed by atoms with Crippen LogP contribution >= 0.6 is 0 Å². The molecule has 28 heavy (non-hydrogen) atoms. The van der Waals surface area contributed by atoms with Crippen molar-refractivity contribution in [3.63, 3.8) is 0 Å². The SMILES string of the molecule is CN=C(NCCc1cccc(C(=O)NC)c1)NCC(C)(C)c1ccc(F)cc1. The Morgan fingerprint density at radius 3 is 2.46 bits per heavy atom. The maximum Gasteiger partial charge on any atom is 0.251 e. The van der Waals surface area contributed by atoms with E-state index in [0.717, 1.165) is 17.5 Å². The first-order valence-electron chi connectivity index (χ1n) is 9.37. The Bertz CT molecular complexity index is 816. The van der Waals surface area contributed by atoms with Crippen molar-refractivity contribution >= 4 is 11.9 Å². The zero-order valence-corrected chi connectivity index (χ0v) is 17.0. The minimum absolute atomic E-state index is 0.0877. The van der Waals surface area contributed by atoms with Crippen LogP contribution in [-0.2, 0) is 11.8 Å². The molecule has 0 unspecified atom stereocenters. The highest BCUT2D eigenvalue weighted by Crippen LogP contribution is 2.22. The standard InChI is InChI=1S/C22H29FN4O/c1-22(2,18-8-10-19(23)11-9-18)15-27-21(25-4)26-13-12-16-6-5-7-17(14-16)20(28)24-3/h5-11,14H,12-13,15H2,1-4H3,(H,24,28)(H2,25,26,27). The third-order valence-electron chi connectivity index (χ3n) is 4.67. The van der Waals surface area contributed by atoms with E-state index < -0.39 is 0 Å². The summed E-state index contributed by atoms with van der Waals surface area (Å²) in [7, 11) is 3.35. The summed E-state index contributed by atoms with van der Waals surface area (Å²) >= 11 is 0. The number of aliphatic imine (C=N–C) groups is 1. The summed E-state index contributed by atoms with van der Waals surface area (Å²) in [6, 6.07) is 14.2. The second-order valence-electron chi connectivity index (χ2n) is 7.27. The number of carbonyl (C=O) groups is 1. The van der Waals surface area contributed by atoms with Crippen LogP contribution in [0.5, 0.6) is 0 Å². The minimum atomic E-state index is -0.231. The molecule has 0 spiro atoms. The second kappa shape index (κ2) is 9.88. The molecule has 0 aliphatic carbocycles. The molecular weight excluding hydrogens is 355 g/mol. The molecule has 6 heteroatoms. The van der Waals surface area contributed by atoms with Crippen LogP contribution in [0.15, 0.2) is 53.5 Å². The summed E-state index contributed by atoms with van der Waals surface area (Å²) in [5.41, 5.74) is 2.62. The van der Waals surface area contributed by atoms with Gasteiger partial charge in [0.15, 0.2) is 5.96 Å². The zero-order valence-electron chi connectivity index (χ0n) is 17.0. The predicted molar refractivity (Wildman–Crippen MR) is 112 cm³/mol. The van der Waals surface area contributed by atoms with Crippen molar-refractivity contribution in [2.75, 3.05) is 27.2 Å². The molecule has 0 saturated carbocycles. The number of benzene rings is 2. The number of rotatable bonds is 7. The normalized spacial score (nSPS) is 11.8. The number of nitrogens with zero attached hydrogens (tertiary/aromatic N) is 1. The van der Waals surface area contributed by atoms with Crippen molar-refractivity contribution in [1.29, 1.82) is 0 Å². The first-order chi connectivity index (χ1) is 13.4. The van der Waals surface area contributed by atoms with Crippen molar-refractivity contribution < 1.29 is 9.18 Å². The first kappa shape index (κ1) is 21.4. The lowest BCUT2D eigenvalue weighted by molar-refractivity contribution is 0.0963. The molecule has 0 atom stereocenters. The molecule has 0 saturated heterocycles. The summed E-state index contributed by atoms with van der Waals surface area (Å²) in [4.78, 5) is 16.0. The number of guanidine groups is 1. The number of amides is 1. The number of carbonyl (C=O) groups excluding carboxylic acids is 1. The smallest absolute Gasteiger partial charge is 0.251 e. The summed E-state index contributed by atoms with van der Waals surface area (Å²) in [6.07, 6.45) is 0.771. The van der Waals surface area contributed by atoms with E-state index in [1.807, 2.05) is 30.3 Å². The predicted octanol–water partition coefficient (Wildman–Crippen LogP) is 2.87. The number of nitrogens with one attached hydrogen (secondary N) is 3. The van der Waals surface area contributed by atoms with Gasteiger partial charge in [-0.1, -0.05) is 38.1 Å². The van der Waals surface area contributed by atoms with Gasteiger partial charge >= 0.3 is 0 Å². The van der Waals surface area contributed by atoms with E-state index in [-0.39, 0.29) is 17.1 Å². The van der Waals surface area contributed by atoms with Crippen molar-refractivity contribution in [2.45, 2.75) is 25.7 Å². The molecule has 2 aromatic carbocycles. The van der Waals surface area contributed by atoms with Crippen LogP contribution < -0.4 is 16.0 Å². The lowest BCUT2D eigenvalue weighted by Crippen LogP contribution is -2.44. The lowest BCUT2D eigenvalue weighted by Gasteiger charge is -2.26. The fraction of sp³-hybridized carbons (Fsp3) is 0.364. The fourth-order valence-electron chi connectivity index (χ4n) is 2.87. The highest BCUT2D eigenvalue weighted by Gasteiger charge is 2.21. The number of hydrogen-bond acceptors (Lipinski definition) is 2. The van der Waals surface area contributed by atoms with E-state index >= 15 is 0 Å². The van der Waals surface area contributed by atoms with Gasteiger partial charge in [-0.05, 0) is 41.8 Å². The molecule has 5 nitrogen and oxygen atoms in total. The molecular formula is C22H29FN4O. The van der Waals surface area contributed by atoms with Crippen LogP contribution in [0.4, 0.5) is 4.39 Å². The Balaban J connectivity index is 1.86. The van der Waals surface area contributed by atoms with Crippen molar-refractivity contribution in [3.05, 3.63) is 71.0 Å². The molecule has 3 N–H and O–H groups in total. The van der Waals surface area contributed by atoms with E-state index in [1.54, 1.807) is 20.2 Å². The lowest BCUT2D eigenvalue weighted by atomic mass is 9.84. The number of halogens is 1. The Morgan fingerprint density at radius 1 is 1.11 bits per heavy atom. The average Bonchev–Trinajstić information content (AvgIpc) is 2.70. The Kier molecular flexibility index (Phi) is 7.55. The third-order valence-corrected chi connectivity index (χ3v) is 4.67. The van der Waals surface area contributed by atoms with Gasteiger partial charge in [0.25, 0.3) is 5.91 Å². The largest absolute Gasteiger partial charge is 0.356 e. The van der Waals surface area contributed by atoms with Crippen LogP contribution in [0.2, 0.25) is 0 Å².